The van der Waals surface area contributed by atoms with Gasteiger partial charge in [-0.25, -0.2) is 8.42 Å². The Morgan fingerprint density at radius 1 is 0.943 bits per heavy atom. The molecule has 3 aliphatic rings. The summed E-state index contributed by atoms with van der Waals surface area (Å²) in [6, 6.07) is 8.89. The number of aromatic nitrogens is 1. The topological polar surface area (TPSA) is 79.7 Å². The minimum absolute atomic E-state index is 0.211. The molecule has 0 atom stereocenters. The van der Waals surface area contributed by atoms with Crippen LogP contribution < -0.4 is 0 Å². The van der Waals surface area contributed by atoms with Crippen LogP contribution in [0.5, 0.6) is 0 Å². The van der Waals surface area contributed by atoms with E-state index >= 15 is 0 Å². The van der Waals surface area contributed by atoms with Crippen LogP contribution in [0.25, 0.3) is 0 Å². The van der Waals surface area contributed by atoms with Crippen LogP contribution >= 0.6 is 0 Å². The van der Waals surface area contributed by atoms with E-state index in [0.29, 0.717) is 56.6 Å². The summed E-state index contributed by atoms with van der Waals surface area (Å²) in [5.74, 6) is -2.06. The van der Waals surface area contributed by atoms with Gasteiger partial charge in [0.2, 0.25) is 0 Å². The summed E-state index contributed by atoms with van der Waals surface area (Å²) in [4.78, 5) is 29.0. The van der Waals surface area contributed by atoms with E-state index in [0.717, 1.165) is 0 Å². The molecule has 1 saturated carbocycles. The number of nitrogens with zero attached hydrogens (tertiary/aromatic N) is 3. The first-order valence-corrected chi connectivity index (χ1v) is 13.2. The van der Waals surface area contributed by atoms with Gasteiger partial charge in [0, 0.05) is 37.4 Å². The molecule has 7 nitrogen and oxygen atoms in total. The highest BCUT2D eigenvalue weighted by Crippen LogP contribution is 2.42. The van der Waals surface area contributed by atoms with E-state index in [1.807, 2.05) is 7.05 Å². The van der Waals surface area contributed by atoms with E-state index in [4.69, 9.17) is 0 Å². The second-order valence-electron chi connectivity index (χ2n) is 9.60. The number of hydrogen-bond donors (Lipinski definition) is 0. The number of likely N-dealkylation sites (tertiary alicyclic amines) is 1. The summed E-state index contributed by atoms with van der Waals surface area (Å²) in [5.41, 5.74) is 0.149. The second kappa shape index (κ2) is 8.19. The maximum atomic E-state index is 13.1. The van der Waals surface area contributed by atoms with Gasteiger partial charge < -0.3 is 9.47 Å². The Hall–Kier alpha value is -2.66. The second-order valence-corrected chi connectivity index (χ2v) is 11.8. The number of Topliss-reactive ketones (excluding diaryl/α,β-unsaturated/α-hetero) is 1. The predicted molar refractivity (Wildman–Crippen MR) is 121 cm³/mol. The summed E-state index contributed by atoms with van der Waals surface area (Å²) < 4.78 is 65.5. The smallest absolute Gasteiger partial charge is 0.339 e. The highest BCUT2D eigenvalue weighted by molar-refractivity contribution is 7.92. The minimum atomic E-state index is -4.94. The van der Waals surface area contributed by atoms with Crippen molar-refractivity contribution in [1.29, 1.82) is 0 Å². The highest BCUT2D eigenvalue weighted by atomic mass is 32.2. The number of carbonyl (C=O) groups is 2. The van der Waals surface area contributed by atoms with E-state index in [2.05, 4.69) is 4.90 Å². The van der Waals surface area contributed by atoms with Crippen LogP contribution in [0, 0.1) is 0 Å². The van der Waals surface area contributed by atoms with Crippen molar-refractivity contribution in [2.45, 2.75) is 54.1 Å². The van der Waals surface area contributed by atoms with Gasteiger partial charge in [0.05, 0.1) is 21.4 Å². The molecule has 1 amide bonds. The van der Waals surface area contributed by atoms with Crippen molar-refractivity contribution in [3.63, 3.8) is 0 Å². The zero-order chi connectivity index (χ0) is 25.2. The van der Waals surface area contributed by atoms with Gasteiger partial charge in [-0.15, -0.1) is 0 Å². The standard InChI is InChI=1S/C24H26F3N3O4S/c1-28-14-15-30-19(21(31)24(25,26)27)8-9-20(30)23(28)10-12-29(13-11-23)22(32)16-2-4-17(5-3-16)35(33,34)18-6-7-18/h2-5,8-9,18H,6-7,10-15H2,1H3. The lowest BCUT2D eigenvalue weighted by Crippen LogP contribution is -2.56. The van der Waals surface area contributed by atoms with Gasteiger partial charge >= 0.3 is 6.18 Å². The Kier molecular flexibility index (Phi) is 5.63. The predicted octanol–water partition coefficient (Wildman–Crippen LogP) is 3.25. The van der Waals surface area contributed by atoms with Gasteiger partial charge in [0.1, 0.15) is 0 Å². The third kappa shape index (κ3) is 3.98. The number of fused-ring (bicyclic) bond motifs is 2. The lowest BCUT2D eigenvalue weighted by atomic mass is 9.81. The highest BCUT2D eigenvalue weighted by Gasteiger charge is 2.48. The molecule has 2 fully saturated rings. The third-order valence-corrected chi connectivity index (χ3v) is 9.89. The number of halogens is 3. The van der Waals surface area contributed by atoms with Crippen LogP contribution in [0.2, 0.25) is 0 Å². The third-order valence-electron chi connectivity index (χ3n) is 7.61. The van der Waals surface area contributed by atoms with E-state index in [1.165, 1.54) is 34.9 Å². The number of sulfone groups is 1. The first-order chi connectivity index (χ1) is 16.4. The van der Waals surface area contributed by atoms with E-state index < -0.39 is 27.3 Å². The number of carbonyl (C=O) groups excluding carboxylic acids is 2. The van der Waals surface area contributed by atoms with Gasteiger partial charge in [-0.1, -0.05) is 0 Å². The monoisotopic (exact) mass is 509 g/mol. The maximum absolute atomic E-state index is 13.1. The summed E-state index contributed by atoms with van der Waals surface area (Å²) in [7, 11) is -1.41. The van der Waals surface area contributed by atoms with Crippen LogP contribution in [0.4, 0.5) is 13.2 Å². The molecule has 1 aliphatic carbocycles. The Labute approximate surface area is 201 Å². The Balaban J connectivity index is 1.33. The lowest BCUT2D eigenvalue weighted by Gasteiger charge is -2.50. The number of rotatable bonds is 4. The number of likely N-dealkylation sites (N-methyl/N-ethyl adjacent to an activating group) is 1. The van der Waals surface area contributed by atoms with Crippen LogP contribution in [0.3, 0.4) is 0 Å². The zero-order valence-electron chi connectivity index (χ0n) is 19.2. The normalized spacial score (nSPS) is 20.6. The fourth-order valence-corrected chi connectivity index (χ4v) is 7.03. The molecule has 0 unspecified atom stereocenters. The van der Waals surface area contributed by atoms with Gasteiger partial charge in [0.25, 0.3) is 11.7 Å². The van der Waals surface area contributed by atoms with Crippen molar-refractivity contribution in [3.05, 3.63) is 53.3 Å². The van der Waals surface area contributed by atoms with Gasteiger partial charge in [0.15, 0.2) is 9.84 Å². The molecule has 0 radical (unpaired) electrons. The summed E-state index contributed by atoms with van der Waals surface area (Å²) in [6.07, 6.45) is -2.58. The molecular weight excluding hydrogens is 483 g/mol. The Morgan fingerprint density at radius 2 is 1.57 bits per heavy atom. The van der Waals surface area contributed by atoms with Crippen molar-refractivity contribution in [3.8, 4) is 0 Å². The number of ketones is 1. The van der Waals surface area contributed by atoms with Gasteiger partial charge in [-0.05, 0) is 69.1 Å². The van der Waals surface area contributed by atoms with Crippen LogP contribution in [0.15, 0.2) is 41.3 Å². The molecule has 188 valence electrons. The average Bonchev–Trinajstić information content (AvgIpc) is 3.61. The van der Waals surface area contributed by atoms with Crippen molar-refractivity contribution >= 4 is 21.5 Å². The average molecular weight is 510 g/mol. The molecule has 0 bridgehead atoms. The SMILES string of the molecule is CN1CCn2c(C(=O)C(F)(F)F)ccc2C12CCN(C(=O)c1ccc(S(=O)(=O)C3CC3)cc1)CC2. The van der Waals surface area contributed by atoms with Gasteiger partial charge in [-0.2, -0.15) is 13.2 Å². The number of piperidine rings is 1. The first kappa shape index (κ1) is 24.1. The summed E-state index contributed by atoms with van der Waals surface area (Å²) in [5, 5.41) is -0.319. The molecular formula is C24H26F3N3O4S. The first-order valence-electron chi connectivity index (χ1n) is 11.6. The number of amides is 1. The van der Waals surface area contributed by atoms with Crippen molar-refractivity contribution in [2.24, 2.45) is 0 Å². The van der Waals surface area contributed by atoms with E-state index in [-0.39, 0.29) is 28.3 Å². The number of benzene rings is 1. The molecule has 11 heteroatoms. The molecule has 5 rings (SSSR count). The van der Waals surface area contributed by atoms with Crippen molar-refractivity contribution in [2.75, 3.05) is 26.7 Å². The largest absolute Gasteiger partial charge is 0.456 e. The van der Waals surface area contributed by atoms with Crippen LogP contribution in [-0.4, -0.2) is 72.6 Å². The fourth-order valence-electron chi connectivity index (χ4n) is 5.38. The fraction of sp³-hybridized carbons (Fsp3) is 0.500. The lowest BCUT2D eigenvalue weighted by molar-refractivity contribution is -0.0892. The molecule has 1 spiro atoms. The van der Waals surface area contributed by atoms with Gasteiger partial charge in [-0.3, -0.25) is 14.5 Å². The van der Waals surface area contributed by atoms with Crippen LogP contribution in [0.1, 0.15) is 52.2 Å². The summed E-state index contributed by atoms with van der Waals surface area (Å²) >= 11 is 0. The molecule has 1 aromatic carbocycles. The molecule has 35 heavy (non-hydrogen) atoms. The van der Waals surface area contributed by atoms with Crippen LogP contribution in [-0.2, 0) is 21.9 Å². The molecule has 0 N–H and O–H groups in total. The Bertz CT molecular complexity index is 1270. The Morgan fingerprint density at radius 3 is 2.14 bits per heavy atom. The van der Waals surface area contributed by atoms with Crippen molar-refractivity contribution < 1.29 is 31.2 Å². The van der Waals surface area contributed by atoms with Crippen molar-refractivity contribution in [1.82, 2.24) is 14.4 Å². The maximum Gasteiger partial charge on any atom is 0.456 e. The number of alkyl halides is 3. The van der Waals surface area contributed by atoms with E-state index in [9.17, 15) is 31.2 Å². The minimum Gasteiger partial charge on any atom is -0.339 e. The molecule has 3 heterocycles. The van der Waals surface area contributed by atoms with E-state index in [1.54, 1.807) is 11.0 Å². The molecule has 1 saturated heterocycles. The quantitative estimate of drug-likeness (QED) is 0.592. The number of hydrogen-bond acceptors (Lipinski definition) is 5. The zero-order valence-corrected chi connectivity index (χ0v) is 20.0. The molecule has 2 aliphatic heterocycles. The summed E-state index contributed by atoms with van der Waals surface area (Å²) in [6.45, 7) is 1.55. The molecule has 1 aromatic heterocycles. The molecule has 2 aromatic rings.